The molecule has 26 heavy (non-hydrogen) atoms. The molecule has 142 valence electrons. The number of nitrogens with zero attached hydrogens (tertiary/aromatic N) is 3. The van der Waals surface area contributed by atoms with Crippen molar-refractivity contribution >= 4 is 10.5 Å². The van der Waals surface area contributed by atoms with Crippen LogP contribution in [-0.4, -0.2) is 49.6 Å². The Morgan fingerprint density at radius 1 is 1.08 bits per heavy atom. The lowest BCUT2D eigenvalue weighted by Crippen LogP contribution is -2.45. The van der Waals surface area contributed by atoms with Crippen LogP contribution in [0.25, 0.3) is 0 Å². The Labute approximate surface area is 152 Å². The lowest BCUT2D eigenvalue weighted by molar-refractivity contribution is 0.121. The molecule has 1 saturated heterocycles. The van der Waals surface area contributed by atoms with E-state index in [1.807, 2.05) is 13.8 Å². The minimum atomic E-state index is -4.98. The zero-order valence-electron chi connectivity index (χ0n) is 14.8. The first-order chi connectivity index (χ1) is 12.3. The van der Waals surface area contributed by atoms with Crippen molar-refractivity contribution in [1.29, 1.82) is 0 Å². The second-order valence-electron chi connectivity index (χ2n) is 6.48. The first-order valence-electron chi connectivity index (χ1n) is 8.39. The Balaban J connectivity index is 1.49. The molecule has 0 bridgehead atoms. The van der Waals surface area contributed by atoms with E-state index in [2.05, 4.69) is 19.1 Å². The highest BCUT2D eigenvalue weighted by Crippen LogP contribution is 2.19. The van der Waals surface area contributed by atoms with E-state index in [1.54, 1.807) is 12.1 Å². The molecule has 1 aromatic heterocycles. The number of benzene rings is 1. The normalized spacial score (nSPS) is 16.7. The maximum absolute atomic E-state index is 12.5. The lowest BCUT2D eigenvalue weighted by Gasteiger charge is -2.34. The number of hydrogen-bond donors (Lipinski definition) is 0. The second-order valence-corrected chi connectivity index (χ2v) is 7.43. The van der Waals surface area contributed by atoms with Gasteiger partial charge in [-0.3, -0.25) is 9.80 Å². The van der Waals surface area contributed by atoms with Crippen molar-refractivity contribution in [1.82, 2.24) is 15.0 Å². The quantitative estimate of drug-likeness (QED) is 0.708. The number of aryl methyl sites for hydroxylation is 2. The number of rotatable bonds is 6. The van der Waals surface area contributed by atoms with E-state index in [0.29, 0.717) is 0 Å². The fourth-order valence-electron chi connectivity index (χ4n) is 3.08. The Bertz CT molecular complexity index is 824. The van der Waals surface area contributed by atoms with Crippen molar-refractivity contribution in [3.05, 3.63) is 46.8 Å². The number of halogens is 1. The van der Waals surface area contributed by atoms with Crippen LogP contribution >= 0.6 is 0 Å². The minimum absolute atomic E-state index is 0.0273. The molecular weight excluding hydrogens is 361 g/mol. The van der Waals surface area contributed by atoms with E-state index in [0.717, 1.165) is 61.8 Å². The van der Waals surface area contributed by atoms with Crippen molar-refractivity contribution in [2.45, 2.75) is 26.9 Å². The molecule has 1 aromatic carbocycles. The van der Waals surface area contributed by atoms with Crippen LogP contribution in [0.2, 0.25) is 0 Å². The Morgan fingerprint density at radius 3 is 2.15 bits per heavy atom. The van der Waals surface area contributed by atoms with Crippen molar-refractivity contribution < 1.29 is 21.0 Å². The standard InChI is InChI=1S/C17H22FN3O4S/c1-13-17(14(2)24-19-13)12-21-9-7-20(8-10-21)11-15-3-5-16(6-4-15)25-26(18,22)23/h3-6H,7-12H2,1-2H3. The van der Waals surface area contributed by atoms with Gasteiger partial charge < -0.3 is 8.71 Å². The van der Waals surface area contributed by atoms with Crippen LogP contribution in [0.1, 0.15) is 22.6 Å². The maximum Gasteiger partial charge on any atom is 0.488 e. The molecule has 0 atom stereocenters. The molecule has 0 saturated carbocycles. The fraction of sp³-hybridized carbons (Fsp3) is 0.471. The van der Waals surface area contributed by atoms with Gasteiger partial charge in [0.25, 0.3) is 0 Å². The molecular formula is C17H22FN3O4S. The molecule has 2 aromatic rings. The summed E-state index contributed by atoms with van der Waals surface area (Å²) in [5.41, 5.74) is 3.13. The topological polar surface area (TPSA) is 75.9 Å². The summed E-state index contributed by atoms with van der Waals surface area (Å²) in [6.45, 7) is 9.26. The van der Waals surface area contributed by atoms with Crippen LogP contribution in [-0.2, 0) is 23.6 Å². The molecule has 1 aliphatic rings. The monoisotopic (exact) mass is 383 g/mol. The average Bonchev–Trinajstić information content (AvgIpc) is 2.89. The summed E-state index contributed by atoms with van der Waals surface area (Å²) in [6, 6.07) is 6.41. The van der Waals surface area contributed by atoms with Gasteiger partial charge in [-0.2, -0.15) is 8.42 Å². The molecule has 0 radical (unpaired) electrons. The predicted octanol–water partition coefficient (Wildman–Crippen LogP) is 2.20. The molecule has 0 spiro atoms. The van der Waals surface area contributed by atoms with Gasteiger partial charge in [0.05, 0.1) is 5.69 Å². The van der Waals surface area contributed by atoms with E-state index in [9.17, 15) is 12.3 Å². The molecule has 0 amide bonds. The molecule has 7 nitrogen and oxygen atoms in total. The van der Waals surface area contributed by atoms with Crippen molar-refractivity contribution in [2.75, 3.05) is 26.2 Å². The SMILES string of the molecule is Cc1noc(C)c1CN1CCN(Cc2ccc(OS(=O)(=O)F)cc2)CC1. The van der Waals surface area contributed by atoms with Gasteiger partial charge in [0, 0.05) is 44.8 Å². The Morgan fingerprint density at radius 2 is 1.65 bits per heavy atom. The van der Waals surface area contributed by atoms with E-state index in [4.69, 9.17) is 4.52 Å². The summed E-state index contributed by atoms with van der Waals surface area (Å²) in [7, 11) is -4.98. The van der Waals surface area contributed by atoms with Crippen LogP contribution in [0.4, 0.5) is 3.89 Å². The summed E-state index contributed by atoms with van der Waals surface area (Å²) in [4.78, 5) is 4.71. The van der Waals surface area contributed by atoms with E-state index in [1.165, 1.54) is 12.1 Å². The third kappa shape index (κ3) is 5.03. The highest BCUT2D eigenvalue weighted by atomic mass is 32.3. The fourth-order valence-corrected chi connectivity index (χ4v) is 3.42. The Kier molecular flexibility index (Phi) is 5.59. The van der Waals surface area contributed by atoms with Crippen LogP contribution in [0.5, 0.6) is 5.75 Å². The maximum atomic E-state index is 12.5. The van der Waals surface area contributed by atoms with Gasteiger partial charge in [0.2, 0.25) is 0 Å². The zero-order valence-corrected chi connectivity index (χ0v) is 15.6. The molecule has 1 fully saturated rings. The van der Waals surface area contributed by atoms with Gasteiger partial charge in [-0.1, -0.05) is 21.2 Å². The highest BCUT2D eigenvalue weighted by molar-refractivity contribution is 7.81. The zero-order chi connectivity index (χ0) is 18.7. The minimum Gasteiger partial charge on any atom is -0.361 e. The van der Waals surface area contributed by atoms with E-state index < -0.39 is 10.5 Å². The molecule has 3 rings (SSSR count). The van der Waals surface area contributed by atoms with E-state index >= 15 is 0 Å². The number of hydrogen-bond acceptors (Lipinski definition) is 7. The summed E-state index contributed by atoms with van der Waals surface area (Å²) < 4.78 is 42.9. The predicted molar refractivity (Wildman–Crippen MR) is 93.6 cm³/mol. The largest absolute Gasteiger partial charge is 0.488 e. The van der Waals surface area contributed by atoms with Gasteiger partial charge >= 0.3 is 10.5 Å². The van der Waals surface area contributed by atoms with Crippen LogP contribution in [0, 0.1) is 13.8 Å². The lowest BCUT2D eigenvalue weighted by atomic mass is 10.1. The Hall–Kier alpha value is -1.97. The summed E-state index contributed by atoms with van der Waals surface area (Å²) in [5, 5.41) is 4.00. The third-order valence-electron chi connectivity index (χ3n) is 4.55. The molecule has 0 aliphatic carbocycles. The summed E-state index contributed by atoms with van der Waals surface area (Å²) >= 11 is 0. The van der Waals surface area contributed by atoms with E-state index in [-0.39, 0.29) is 5.75 Å². The van der Waals surface area contributed by atoms with Gasteiger partial charge in [-0.05, 0) is 31.5 Å². The van der Waals surface area contributed by atoms with Crippen LogP contribution in [0.3, 0.4) is 0 Å². The average molecular weight is 383 g/mol. The van der Waals surface area contributed by atoms with Crippen molar-refractivity contribution in [3.8, 4) is 5.75 Å². The van der Waals surface area contributed by atoms with Crippen molar-refractivity contribution in [2.24, 2.45) is 0 Å². The van der Waals surface area contributed by atoms with Gasteiger partial charge in [0.15, 0.2) is 0 Å². The van der Waals surface area contributed by atoms with Gasteiger partial charge in [-0.25, -0.2) is 0 Å². The molecule has 0 N–H and O–H groups in total. The summed E-state index contributed by atoms with van der Waals surface area (Å²) in [6.07, 6.45) is 0. The summed E-state index contributed by atoms with van der Waals surface area (Å²) in [5.74, 6) is 0.850. The number of piperazine rings is 1. The smallest absolute Gasteiger partial charge is 0.361 e. The van der Waals surface area contributed by atoms with Gasteiger partial charge in [-0.15, -0.1) is 0 Å². The molecule has 0 unspecified atom stereocenters. The van der Waals surface area contributed by atoms with Crippen LogP contribution in [0.15, 0.2) is 28.8 Å². The number of aromatic nitrogens is 1. The first kappa shape index (κ1) is 18.8. The highest BCUT2D eigenvalue weighted by Gasteiger charge is 2.20. The van der Waals surface area contributed by atoms with Gasteiger partial charge in [0.1, 0.15) is 11.5 Å². The second kappa shape index (κ2) is 7.73. The first-order valence-corrected chi connectivity index (χ1v) is 9.70. The third-order valence-corrected chi connectivity index (χ3v) is 4.94. The molecule has 9 heteroatoms. The molecule has 2 heterocycles. The molecule has 1 aliphatic heterocycles. The van der Waals surface area contributed by atoms with Crippen molar-refractivity contribution in [3.63, 3.8) is 0 Å². The van der Waals surface area contributed by atoms with Crippen LogP contribution < -0.4 is 4.18 Å².